The van der Waals surface area contributed by atoms with Crippen molar-refractivity contribution >= 4 is 29.9 Å². The van der Waals surface area contributed by atoms with Gasteiger partial charge in [-0.25, -0.2) is 0 Å². The highest BCUT2D eigenvalue weighted by Gasteiger charge is 2.26. The molecule has 0 radical (unpaired) electrons. The second-order valence-electron chi connectivity index (χ2n) is 5.10. The monoisotopic (exact) mass is 317 g/mol. The maximum absolute atomic E-state index is 11.9. The molecule has 0 bridgehead atoms. The van der Waals surface area contributed by atoms with Gasteiger partial charge in [-0.2, -0.15) is 0 Å². The molecule has 6 heteroatoms. The van der Waals surface area contributed by atoms with Gasteiger partial charge in [0.2, 0.25) is 5.91 Å². The van der Waals surface area contributed by atoms with E-state index < -0.39 is 0 Å². The first-order valence-corrected chi connectivity index (χ1v) is 6.86. The van der Waals surface area contributed by atoms with Crippen LogP contribution in [0.3, 0.4) is 0 Å². The van der Waals surface area contributed by atoms with Crippen LogP contribution in [0.5, 0.6) is 0 Å². The number of nitrogens with zero attached hydrogens (tertiary/aromatic N) is 1. The van der Waals surface area contributed by atoms with Crippen LogP contribution in [0.1, 0.15) is 11.6 Å². The maximum Gasteiger partial charge on any atom is 0.225 e. The average Bonchev–Trinajstić information content (AvgIpc) is 2.29. The van der Waals surface area contributed by atoms with Gasteiger partial charge in [-0.15, -0.1) is 12.4 Å². The number of amides is 1. The molecule has 0 aliphatic carbocycles. The van der Waals surface area contributed by atoms with Crippen LogP contribution in [-0.4, -0.2) is 44.5 Å². The van der Waals surface area contributed by atoms with Gasteiger partial charge >= 0.3 is 0 Å². The van der Waals surface area contributed by atoms with Gasteiger partial charge in [0.25, 0.3) is 0 Å². The van der Waals surface area contributed by atoms with Gasteiger partial charge in [-0.1, -0.05) is 29.8 Å². The molecule has 20 heavy (non-hydrogen) atoms. The van der Waals surface area contributed by atoms with Crippen molar-refractivity contribution in [3.8, 4) is 0 Å². The highest BCUT2D eigenvalue weighted by atomic mass is 35.5. The Morgan fingerprint density at radius 1 is 1.45 bits per heavy atom. The molecule has 1 saturated heterocycles. The third-order valence-corrected chi connectivity index (χ3v) is 3.85. The van der Waals surface area contributed by atoms with E-state index >= 15 is 0 Å². The van der Waals surface area contributed by atoms with E-state index in [1.54, 1.807) is 0 Å². The molecule has 112 valence electrons. The van der Waals surface area contributed by atoms with Crippen molar-refractivity contribution in [2.24, 2.45) is 5.92 Å². The lowest BCUT2D eigenvalue weighted by atomic mass is 10.0. The zero-order valence-corrected chi connectivity index (χ0v) is 13.3. The second-order valence-corrected chi connectivity index (χ2v) is 5.51. The van der Waals surface area contributed by atoms with Gasteiger partial charge in [-0.3, -0.25) is 4.79 Å². The van der Waals surface area contributed by atoms with Crippen molar-refractivity contribution in [1.29, 1.82) is 0 Å². The summed E-state index contributed by atoms with van der Waals surface area (Å²) in [4.78, 5) is 13.9. The highest BCUT2D eigenvalue weighted by Crippen LogP contribution is 2.25. The molecule has 2 N–H and O–H groups in total. The van der Waals surface area contributed by atoms with Crippen molar-refractivity contribution < 1.29 is 4.79 Å². The topological polar surface area (TPSA) is 44.4 Å². The molecule has 1 heterocycles. The van der Waals surface area contributed by atoms with E-state index in [9.17, 15) is 4.79 Å². The number of halogens is 2. The van der Waals surface area contributed by atoms with Crippen LogP contribution in [0.4, 0.5) is 0 Å². The van der Waals surface area contributed by atoms with Gasteiger partial charge in [0.05, 0.1) is 12.0 Å². The van der Waals surface area contributed by atoms with Crippen LogP contribution in [-0.2, 0) is 4.79 Å². The largest absolute Gasteiger partial charge is 0.354 e. The highest BCUT2D eigenvalue weighted by molar-refractivity contribution is 6.31. The van der Waals surface area contributed by atoms with Crippen molar-refractivity contribution in [2.75, 3.05) is 33.7 Å². The zero-order valence-electron chi connectivity index (χ0n) is 11.7. The fourth-order valence-electron chi connectivity index (χ4n) is 2.13. The number of benzene rings is 1. The lowest BCUT2D eigenvalue weighted by molar-refractivity contribution is -0.126. The zero-order chi connectivity index (χ0) is 13.8. The smallest absolute Gasteiger partial charge is 0.225 e. The third kappa shape index (κ3) is 4.09. The molecule has 1 fully saturated rings. The molecular formula is C14H21Cl2N3O. The molecule has 0 saturated carbocycles. The molecular weight excluding hydrogens is 297 g/mol. The first kappa shape index (κ1) is 17.2. The molecule has 4 nitrogen and oxygen atoms in total. The van der Waals surface area contributed by atoms with E-state index in [1.165, 1.54) is 0 Å². The fourth-order valence-corrected chi connectivity index (χ4v) is 2.39. The Labute approximate surface area is 131 Å². The molecule has 1 aliphatic heterocycles. The van der Waals surface area contributed by atoms with E-state index in [1.807, 2.05) is 38.4 Å². The molecule has 0 spiro atoms. The summed E-state index contributed by atoms with van der Waals surface area (Å²) in [7, 11) is 3.98. The summed E-state index contributed by atoms with van der Waals surface area (Å²) >= 11 is 6.23. The number of likely N-dealkylation sites (N-methyl/N-ethyl adjacent to an activating group) is 1. The quantitative estimate of drug-likeness (QED) is 0.868. The number of hydrogen-bond donors (Lipinski definition) is 2. The Kier molecular flexibility index (Phi) is 6.76. The van der Waals surface area contributed by atoms with Crippen LogP contribution in [0.15, 0.2) is 24.3 Å². The van der Waals surface area contributed by atoms with Gasteiger partial charge < -0.3 is 15.5 Å². The van der Waals surface area contributed by atoms with Crippen LogP contribution in [0.25, 0.3) is 0 Å². The number of hydrogen-bond acceptors (Lipinski definition) is 3. The summed E-state index contributed by atoms with van der Waals surface area (Å²) in [6, 6.07) is 7.85. The van der Waals surface area contributed by atoms with Crippen LogP contribution in [0.2, 0.25) is 5.02 Å². The summed E-state index contributed by atoms with van der Waals surface area (Å²) in [6.45, 7) is 2.14. The molecule has 2 rings (SSSR count). The number of nitrogens with one attached hydrogen (secondary N) is 2. The van der Waals surface area contributed by atoms with E-state index in [2.05, 4.69) is 15.5 Å². The average molecular weight is 318 g/mol. The minimum atomic E-state index is 0. The van der Waals surface area contributed by atoms with Crippen molar-refractivity contribution in [1.82, 2.24) is 15.5 Å². The Morgan fingerprint density at radius 3 is 2.60 bits per heavy atom. The summed E-state index contributed by atoms with van der Waals surface area (Å²) < 4.78 is 0. The first-order chi connectivity index (χ1) is 9.09. The van der Waals surface area contributed by atoms with E-state index in [4.69, 9.17) is 11.6 Å². The number of carbonyl (C=O) groups is 1. The summed E-state index contributed by atoms with van der Waals surface area (Å²) in [5.74, 6) is 0.242. The van der Waals surface area contributed by atoms with E-state index in [0.717, 1.165) is 23.7 Å². The summed E-state index contributed by atoms with van der Waals surface area (Å²) in [6.07, 6.45) is 0. The van der Waals surface area contributed by atoms with E-state index in [-0.39, 0.29) is 30.3 Å². The van der Waals surface area contributed by atoms with Crippen LogP contribution >= 0.6 is 24.0 Å². The predicted octanol–water partition coefficient (Wildman–Crippen LogP) is 1.70. The van der Waals surface area contributed by atoms with Crippen molar-refractivity contribution in [3.05, 3.63) is 34.9 Å². The minimum absolute atomic E-state index is 0. The number of carbonyl (C=O) groups excluding carboxylic acids is 1. The normalized spacial score (nSPS) is 16.2. The second kappa shape index (κ2) is 7.84. The molecule has 1 aliphatic rings. The minimum Gasteiger partial charge on any atom is -0.354 e. The van der Waals surface area contributed by atoms with Gasteiger partial charge in [0, 0.05) is 24.7 Å². The fraction of sp³-hybridized carbons (Fsp3) is 0.500. The van der Waals surface area contributed by atoms with Gasteiger partial charge in [-0.05, 0) is 25.7 Å². The van der Waals surface area contributed by atoms with Crippen molar-refractivity contribution in [2.45, 2.75) is 6.04 Å². The molecule has 1 unspecified atom stereocenters. The molecule has 1 aromatic rings. The standard InChI is InChI=1S/C14H20ClN3O.ClH/c1-18(2)13(11-5-3-4-6-12(11)15)9-17-14(19)10-7-16-8-10;/h3-6,10,13,16H,7-9H2,1-2H3,(H,17,19);1H. The third-order valence-electron chi connectivity index (χ3n) is 3.51. The lowest BCUT2D eigenvalue weighted by Crippen LogP contribution is -2.51. The summed E-state index contributed by atoms with van der Waals surface area (Å²) in [5.41, 5.74) is 1.04. The Balaban J connectivity index is 0.00000200. The molecule has 1 aromatic carbocycles. The Morgan fingerprint density at radius 2 is 2.10 bits per heavy atom. The Bertz CT molecular complexity index is 450. The molecule has 0 aromatic heterocycles. The maximum atomic E-state index is 11.9. The lowest BCUT2D eigenvalue weighted by Gasteiger charge is -2.29. The van der Waals surface area contributed by atoms with Gasteiger partial charge in [0.1, 0.15) is 0 Å². The summed E-state index contributed by atoms with van der Waals surface area (Å²) in [5, 5.41) is 6.85. The Hall–Kier alpha value is -0.810. The van der Waals surface area contributed by atoms with Crippen LogP contribution in [0, 0.1) is 5.92 Å². The molecule has 1 atom stereocenters. The SMILES string of the molecule is CN(C)C(CNC(=O)C1CNC1)c1ccccc1Cl.Cl. The van der Waals surface area contributed by atoms with Crippen LogP contribution < -0.4 is 10.6 Å². The predicted molar refractivity (Wildman–Crippen MR) is 84.5 cm³/mol. The number of rotatable bonds is 5. The van der Waals surface area contributed by atoms with Gasteiger partial charge in [0.15, 0.2) is 0 Å². The van der Waals surface area contributed by atoms with Crippen molar-refractivity contribution in [3.63, 3.8) is 0 Å². The van der Waals surface area contributed by atoms with E-state index in [0.29, 0.717) is 6.54 Å². The molecule has 1 amide bonds. The first-order valence-electron chi connectivity index (χ1n) is 6.49.